The highest BCUT2D eigenvalue weighted by atomic mass is 32.2. The molecule has 0 spiro atoms. The highest BCUT2D eigenvalue weighted by Crippen LogP contribution is 2.16. The minimum absolute atomic E-state index is 0.118. The van der Waals surface area contributed by atoms with Crippen molar-refractivity contribution in [2.75, 3.05) is 0 Å². The van der Waals surface area contributed by atoms with E-state index in [9.17, 15) is 8.42 Å². The summed E-state index contributed by atoms with van der Waals surface area (Å²) in [5.41, 5.74) is 2.18. The first-order chi connectivity index (χ1) is 8.88. The first-order valence-electron chi connectivity index (χ1n) is 5.86. The van der Waals surface area contributed by atoms with Gasteiger partial charge in [-0.15, -0.1) is 0 Å². The van der Waals surface area contributed by atoms with Gasteiger partial charge >= 0.3 is 0 Å². The molecule has 0 amide bonds. The molecule has 0 bridgehead atoms. The van der Waals surface area contributed by atoms with E-state index in [4.69, 9.17) is 4.42 Å². The average Bonchev–Trinajstić information content (AvgIpc) is 2.76. The standard InChI is InChI=1S/C13H16N2O3S/c1-9-4-5-10(2)13(6-9)19(16,17)14-7-12-8-18-11(3)15-12/h4-6,8,14H,7H2,1-3H3. The van der Waals surface area contributed by atoms with Crippen molar-refractivity contribution >= 4 is 10.0 Å². The molecule has 1 N–H and O–H groups in total. The van der Waals surface area contributed by atoms with Gasteiger partial charge in [0.15, 0.2) is 5.89 Å². The molecule has 102 valence electrons. The molecule has 2 aromatic rings. The fraction of sp³-hybridized carbons (Fsp3) is 0.308. The molecule has 0 aliphatic rings. The Hall–Kier alpha value is -1.66. The van der Waals surface area contributed by atoms with Crippen LogP contribution in [-0.4, -0.2) is 13.4 Å². The van der Waals surface area contributed by atoms with E-state index < -0.39 is 10.0 Å². The van der Waals surface area contributed by atoms with E-state index in [0.29, 0.717) is 16.5 Å². The fourth-order valence-corrected chi connectivity index (χ4v) is 3.06. The van der Waals surface area contributed by atoms with Crippen LogP contribution in [0.5, 0.6) is 0 Å². The van der Waals surface area contributed by atoms with Crippen molar-refractivity contribution in [2.24, 2.45) is 0 Å². The zero-order valence-corrected chi connectivity index (χ0v) is 11.9. The molecule has 0 fully saturated rings. The first kappa shape index (κ1) is 13.8. The quantitative estimate of drug-likeness (QED) is 0.930. The second-order valence-corrected chi connectivity index (χ2v) is 6.19. The molecule has 0 saturated carbocycles. The molecular formula is C13H16N2O3S. The molecule has 6 heteroatoms. The van der Waals surface area contributed by atoms with Gasteiger partial charge in [-0.1, -0.05) is 12.1 Å². The maximum atomic E-state index is 12.2. The van der Waals surface area contributed by atoms with Crippen molar-refractivity contribution in [3.05, 3.63) is 47.2 Å². The summed E-state index contributed by atoms with van der Waals surface area (Å²) in [7, 11) is -3.53. The van der Waals surface area contributed by atoms with Gasteiger partial charge in [-0.3, -0.25) is 0 Å². The first-order valence-corrected chi connectivity index (χ1v) is 7.35. The summed E-state index contributed by atoms with van der Waals surface area (Å²) in [6.07, 6.45) is 1.45. The zero-order chi connectivity index (χ0) is 14.0. The summed E-state index contributed by atoms with van der Waals surface area (Å²) in [5.74, 6) is 0.515. The molecule has 19 heavy (non-hydrogen) atoms. The third-order valence-corrected chi connectivity index (χ3v) is 4.29. The van der Waals surface area contributed by atoms with E-state index >= 15 is 0 Å². The van der Waals surface area contributed by atoms with E-state index in [1.165, 1.54) is 6.26 Å². The number of sulfonamides is 1. The van der Waals surface area contributed by atoms with E-state index in [0.717, 1.165) is 11.1 Å². The smallest absolute Gasteiger partial charge is 0.241 e. The van der Waals surface area contributed by atoms with Crippen molar-refractivity contribution < 1.29 is 12.8 Å². The van der Waals surface area contributed by atoms with Gasteiger partial charge in [0.05, 0.1) is 17.1 Å². The predicted octanol–water partition coefficient (Wildman–Crippen LogP) is 2.08. The zero-order valence-electron chi connectivity index (χ0n) is 11.1. The van der Waals surface area contributed by atoms with Crippen LogP contribution in [0.3, 0.4) is 0 Å². The van der Waals surface area contributed by atoms with Gasteiger partial charge in [0.25, 0.3) is 0 Å². The van der Waals surface area contributed by atoms with Gasteiger partial charge in [0.1, 0.15) is 6.26 Å². The summed E-state index contributed by atoms with van der Waals surface area (Å²) in [4.78, 5) is 4.35. The van der Waals surface area contributed by atoms with E-state index in [1.807, 2.05) is 13.0 Å². The number of nitrogens with zero attached hydrogens (tertiary/aromatic N) is 1. The van der Waals surface area contributed by atoms with E-state index in [1.54, 1.807) is 26.0 Å². The van der Waals surface area contributed by atoms with Crippen molar-refractivity contribution in [3.8, 4) is 0 Å². The number of aryl methyl sites for hydroxylation is 3. The molecule has 1 heterocycles. The van der Waals surface area contributed by atoms with Crippen molar-refractivity contribution in [3.63, 3.8) is 0 Å². The van der Waals surface area contributed by atoms with Gasteiger partial charge in [0.2, 0.25) is 10.0 Å². The molecule has 1 aromatic heterocycles. The predicted molar refractivity (Wildman–Crippen MR) is 71.2 cm³/mol. The molecule has 2 rings (SSSR count). The van der Waals surface area contributed by atoms with Crippen LogP contribution in [0.4, 0.5) is 0 Å². The maximum Gasteiger partial charge on any atom is 0.241 e. The lowest BCUT2D eigenvalue weighted by Gasteiger charge is -2.09. The number of nitrogens with one attached hydrogen (secondary N) is 1. The Morgan fingerprint density at radius 1 is 1.26 bits per heavy atom. The second-order valence-electron chi connectivity index (χ2n) is 4.45. The van der Waals surface area contributed by atoms with Crippen LogP contribution in [0, 0.1) is 20.8 Å². The molecular weight excluding hydrogens is 264 g/mol. The summed E-state index contributed by atoms with van der Waals surface area (Å²) < 4.78 is 32.0. The lowest BCUT2D eigenvalue weighted by Crippen LogP contribution is -2.24. The minimum atomic E-state index is -3.53. The van der Waals surface area contributed by atoms with Crippen molar-refractivity contribution in [1.29, 1.82) is 0 Å². The molecule has 1 aromatic carbocycles. The normalized spacial score (nSPS) is 11.7. The number of hydrogen-bond donors (Lipinski definition) is 1. The number of rotatable bonds is 4. The van der Waals surface area contributed by atoms with Crippen LogP contribution in [0.2, 0.25) is 0 Å². The molecule has 0 aliphatic heterocycles. The van der Waals surface area contributed by atoms with Crippen LogP contribution >= 0.6 is 0 Å². The Labute approximate surface area is 112 Å². The Balaban J connectivity index is 2.20. The monoisotopic (exact) mass is 280 g/mol. The van der Waals surface area contributed by atoms with Crippen molar-refractivity contribution in [1.82, 2.24) is 9.71 Å². The molecule has 0 saturated heterocycles. The summed E-state index contributed by atoms with van der Waals surface area (Å²) in [5, 5.41) is 0. The third kappa shape index (κ3) is 3.21. The lowest BCUT2D eigenvalue weighted by molar-refractivity contribution is 0.520. The average molecular weight is 280 g/mol. The number of oxazole rings is 1. The van der Waals surface area contributed by atoms with Crippen LogP contribution in [0.25, 0.3) is 0 Å². The van der Waals surface area contributed by atoms with E-state index in [2.05, 4.69) is 9.71 Å². The van der Waals surface area contributed by atoms with Crippen molar-refractivity contribution in [2.45, 2.75) is 32.2 Å². The van der Waals surface area contributed by atoms with Gasteiger partial charge in [0, 0.05) is 6.92 Å². The highest BCUT2D eigenvalue weighted by Gasteiger charge is 2.17. The largest absolute Gasteiger partial charge is 0.449 e. The Kier molecular flexibility index (Phi) is 3.73. The van der Waals surface area contributed by atoms with Crippen LogP contribution in [0.15, 0.2) is 33.8 Å². The molecule has 0 aliphatic carbocycles. The van der Waals surface area contributed by atoms with E-state index in [-0.39, 0.29) is 6.54 Å². The minimum Gasteiger partial charge on any atom is -0.449 e. The number of benzene rings is 1. The molecule has 0 atom stereocenters. The van der Waals surface area contributed by atoms with Gasteiger partial charge in [-0.05, 0) is 31.0 Å². The highest BCUT2D eigenvalue weighted by molar-refractivity contribution is 7.89. The second kappa shape index (κ2) is 5.14. The van der Waals surface area contributed by atoms with Crippen LogP contribution < -0.4 is 4.72 Å². The summed E-state index contributed by atoms with van der Waals surface area (Å²) >= 11 is 0. The number of hydrogen-bond acceptors (Lipinski definition) is 4. The van der Waals surface area contributed by atoms with Crippen LogP contribution in [-0.2, 0) is 16.6 Å². The molecule has 0 unspecified atom stereocenters. The molecule has 0 radical (unpaired) electrons. The Bertz CT molecular complexity index is 690. The Morgan fingerprint density at radius 3 is 2.63 bits per heavy atom. The number of aromatic nitrogens is 1. The van der Waals surface area contributed by atoms with Gasteiger partial charge in [-0.2, -0.15) is 0 Å². The fourth-order valence-electron chi connectivity index (χ4n) is 1.73. The summed E-state index contributed by atoms with van der Waals surface area (Å²) in [6, 6.07) is 5.34. The third-order valence-electron chi connectivity index (χ3n) is 2.74. The Morgan fingerprint density at radius 2 is 2.00 bits per heavy atom. The molecule has 5 nitrogen and oxygen atoms in total. The summed E-state index contributed by atoms with van der Waals surface area (Å²) in [6.45, 7) is 5.46. The topological polar surface area (TPSA) is 72.2 Å². The van der Waals surface area contributed by atoms with Gasteiger partial charge in [-0.25, -0.2) is 18.1 Å². The van der Waals surface area contributed by atoms with Crippen LogP contribution in [0.1, 0.15) is 22.7 Å². The SMILES string of the molecule is Cc1ccc(C)c(S(=O)(=O)NCc2coc(C)n2)c1. The maximum absolute atomic E-state index is 12.2. The van der Waals surface area contributed by atoms with Gasteiger partial charge < -0.3 is 4.42 Å². The lowest BCUT2D eigenvalue weighted by atomic mass is 10.2.